The van der Waals surface area contributed by atoms with E-state index < -0.39 is 0 Å². The SMILES string of the molecule is CCCC(C)CC(=O)NC(CC)(CC)CN. The normalized spacial score (nSPS) is 13.6. The van der Waals surface area contributed by atoms with Gasteiger partial charge < -0.3 is 11.1 Å². The molecule has 0 aliphatic carbocycles. The second-order valence-electron chi connectivity index (χ2n) is 4.84. The summed E-state index contributed by atoms with van der Waals surface area (Å²) in [6, 6.07) is 0. The molecule has 0 fully saturated rings. The number of carbonyl (C=O) groups excluding carboxylic acids is 1. The molecule has 0 aliphatic heterocycles. The van der Waals surface area contributed by atoms with Gasteiger partial charge in [0.2, 0.25) is 5.91 Å². The summed E-state index contributed by atoms with van der Waals surface area (Å²) in [7, 11) is 0. The Labute approximate surface area is 100 Å². The minimum absolute atomic E-state index is 0.148. The van der Waals surface area contributed by atoms with Crippen LogP contribution in [-0.4, -0.2) is 18.0 Å². The van der Waals surface area contributed by atoms with Crippen LogP contribution in [0.3, 0.4) is 0 Å². The summed E-state index contributed by atoms with van der Waals surface area (Å²) in [5.41, 5.74) is 5.56. The number of nitrogens with one attached hydrogen (secondary N) is 1. The molecule has 0 bridgehead atoms. The molecule has 0 spiro atoms. The fourth-order valence-corrected chi connectivity index (χ4v) is 2.02. The summed E-state index contributed by atoms with van der Waals surface area (Å²) in [6.07, 6.45) is 4.66. The monoisotopic (exact) mass is 228 g/mol. The largest absolute Gasteiger partial charge is 0.349 e. The highest BCUT2D eigenvalue weighted by atomic mass is 16.1. The Morgan fingerprint density at radius 2 is 1.88 bits per heavy atom. The van der Waals surface area contributed by atoms with Gasteiger partial charge in [-0.05, 0) is 18.8 Å². The summed E-state index contributed by atoms with van der Waals surface area (Å²) < 4.78 is 0. The van der Waals surface area contributed by atoms with Crippen LogP contribution < -0.4 is 11.1 Å². The van der Waals surface area contributed by atoms with Gasteiger partial charge in [0.1, 0.15) is 0 Å². The number of hydrogen-bond donors (Lipinski definition) is 2. The van der Waals surface area contributed by atoms with Crippen molar-refractivity contribution < 1.29 is 4.79 Å². The molecule has 0 saturated heterocycles. The molecule has 1 unspecified atom stereocenters. The number of hydrogen-bond acceptors (Lipinski definition) is 2. The minimum Gasteiger partial charge on any atom is -0.349 e. The van der Waals surface area contributed by atoms with Gasteiger partial charge in [-0.2, -0.15) is 0 Å². The Bertz CT molecular complexity index is 192. The molecule has 0 aromatic carbocycles. The average Bonchev–Trinajstić information content (AvgIpc) is 2.26. The second-order valence-corrected chi connectivity index (χ2v) is 4.84. The maximum atomic E-state index is 11.9. The average molecular weight is 228 g/mol. The first-order valence-electron chi connectivity index (χ1n) is 6.54. The van der Waals surface area contributed by atoms with Crippen molar-refractivity contribution in [3.8, 4) is 0 Å². The van der Waals surface area contributed by atoms with Crippen LogP contribution in [0.4, 0.5) is 0 Å². The van der Waals surface area contributed by atoms with E-state index in [1.807, 2.05) is 0 Å². The molecule has 1 amide bonds. The van der Waals surface area contributed by atoms with Crippen LogP contribution in [0.15, 0.2) is 0 Å². The van der Waals surface area contributed by atoms with E-state index in [0.717, 1.165) is 25.7 Å². The predicted molar refractivity (Wildman–Crippen MR) is 69.2 cm³/mol. The Morgan fingerprint density at radius 3 is 2.25 bits per heavy atom. The molecule has 0 radical (unpaired) electrons. The van der Waals surface area contributed by atoms with Gasteiger partial charge in [-0.3, -0.25) is 4.79 Å². The van der Waals surface area contributed by atoms with Gasteiger partial charge in [0.05, 0.1) is 5.54 Å². The molecule has 0 heterocycles. The van der Waals surface area contributed by atoms with Crippen LogP contribution in [0, 0.1) is 5.92 Å². The molecular weight excluding hydrogens is 200 g/mol. The zero-order valence-electron chi connectivity index (χ0n) is 11.3. The Balaban J connectivity index is 4.20. The molecule has 1 atom stereocenters. The van der Waals surface area contributed by atoms with Crippen LogP contribution in [0.2, 0.25) is 0 Å². The maximum absolute atomic E-state index is 11.9. The van der Waals surface area contributed by atoms with Gasteiger partial charge in [0, 0.05) is 13.0 Å². The number of nitrogens with two attached hydrogens (primary N) is 1. The number of amides is 1. The van der Waals surface area contributed by atoms with Crippen molar-refractivity contribution in [3.63, 3.8) is 0 Å². The van der Waals surface area contributed by atoms with E-state index in [1.54, 1.807) is 0 Å². The first-order chi connectivity index (χ1) is 7.53. The fraction of sp³-hybridized carbons (Fsp3) is 0.923. The van der Waals surface area contributed by atoms with Crippen molar-refractivity contribution in [2.75, 3.05) is 6.54 Å². The highest BCUT2D eigenvalue weighted by Crippen LogP contribution is 2.15. The quantitative estimate of drug-likeness (QED) is 0.670. The van der Waals surface area contributed by atoms with Crippen LogP contribution >= 0.6 is 0 Å². The standard InChI is InChI=1S/C13H28N2O/c1-5-8-11(4)9-12(16)15-13(6-2,7-3)10-14/h11H,5-10,14H2,1-4H3,(H,15,16). The van der Waals surface area contributed by atoms with Crippen LogP contribution in [0.5, 0.6) is 0 Å². The van der Waals surface area contributed by atoms with Gasteiger partial charge >= 0.3 is 0 Å². The second kappa shape index (κ2) is 7.66. The molecule has 0 rings (SSSR count). The van der Waals surface area contributed by atoms with E-state index in [0.29, 0.717) is 18.9 Å². The van der Waals surface area contributed by atoms with Crippen molar-refractivity contribution in [2.24, 2.45) is 11.7 Å². The van der Waals surface area contributed by atoms with Crippen LogP contribution in [0.1, 0.15) is 59.8 Å². The van der Waals surface area contributed by atoms with Gasteiger partial charge in [0.15, 0.2) is 0 Å². The van der Waals surface area contributed by atoms with E-state index in [9.17, 15) is 4.79 Å². The van der Waals surface area contributed by atoms with Gasteiger partial charge in [0.25, 0.3) is 0 Å². The van der Waals surface area contributed by atoms with Crippen molar-refractivity contribution in [3.05, 3.63) is 0 Å². The van der Waals surface area contributed by atoms with Gasteiger partial charge in [-0.15, -0.1) is 0 Å². The molecule has 0 aliphatic rings. The third kappa shape index (κ3) is 4.97. The molecule has 16 heavy (non-hydrogen) atoms. The topological polar surface area (TPSA) is 55.1 Å². The van der Waals surface area contributed by atoms with E-state index >= 15 is 0 Å². The van der Waals surface area contributed by atoms with Crippen molar-refractivity contribution >= 4 is 5.91 Å². The van der Waals surface area contributed by atoms with Gasteiger partial charge in [-0.1, -0.05) is 40.5 Å². The first kappa shape index (κ1) is 15.4. The van der Waals surface area contributed by atoms with E-state index in [-0.39, 0.29) is 11.4 Å². The molecular formula is C13H28N2O. The molecule has 0 saturated carbocycles. The molecule has 96 valence electrons. The third-order valence-corrected chi connectivity index (χ3v) is 3.46. The van der Waals surface area contributed by atoms with Crippen molar-refractivity contribution in [2.45, 2.75) is 65.3 Å². The lowest BCUT2D eigenvalue weighted by molar-refractivity contribution is -0.123. The first-order valence-corrected chi connectivity index (χ1v) is 6.54. The molecule has 0 aromatic rings. The lowest BCUT2D eigenvalue weighted by Crippen LogP contribution is -2.53. The summed E-state index contributed by atoms with van der Waals surface area (Å²) in [4.78, 5) is 11.9. The van der Waals surface area contributed by atoms with Crippen LogP contribution in [0.25, 0.3) is 0 Å². The summed E-state index contributed by atoms with van der Waals surface area (Å²) in [6.45, 7) is 8.95. The fourth-order valence-electron chi connectivity index (χ4n) is 2.02. The molecule has 3 heteroatoms. The predicted octanol–water partition coefficient (Wildman–Crippen LogP) is 2.45. The van der Waals surface area contributed by atoms with Crippen molar-refractivity contribution in [1.29, 1.82) is 0 Å². The molecule has 0 aromatic heterocycles. The van der Waals surface area contributed by atoms with E-state index in [1.165, 1.54) is 0 Å². The lowest BCUT2D eigenvalue weighted by atomic mass is 9.92. The third-order valence-electron chi connectivity index (χ3n) is 3.46. The van der Waals surface area contributed by atoms with E-state index in [4.69, 9.17) is 5.73 Å². The summed E-state index contributed by atoms with van der Waals surface area (Å²) in [5.74, 6) is 0.615. The van der Waals surface area contributed by atoms with Crippen LogP contribution in [-0.2, 0) is 4.79 Å². The zero-order chi connectivity index (χ0) is 12.6. The minimum atomic E-state index is -0.191. The Morgan fingerprint density at radius 1 is 1.31 bits per heavy atom. The van der Waals surface area contributed by atoms with Crippen molar-refractivity contribution in [1.82, 2.24) is 5.32 Å². The number of rotatable bonds is 8. The highest BCUT2D eigenvalue weighted by molar-refractivity contribution is 5.77. The Kier molecular flexibility index (Phi) is 7.39. The lowest BCUT2D eigenvalue weighted by Gasteiger charge is -2.32. The Hall–Kier alpha value is -0.570. The smallest absolute Gasteiger partial charge is 0.220 e. The molecule has 3 N–H and O–H groups in total. The number of carbonyl (C=O) groups is 1. The maximum Gasteiger partial charge on any atom is 0.220 e. The summed E-state index contributed by atoms with van der Waals surface area (Å²) >= 11 is 0. The summed E-state index contributed by atoms with van der Waals surface area (Å²) in [5, 5.41) is 3.10. The van der Waals surface area contributed by atoms with Gasteiger partial charge in [-0.25, -0.2) is 0 Å². The molecule has 3 nitrogen and oxygen atoms in total. The highest BCUT2D eigenvalue weighted by Gasteiger charge is 2.26. The zero-order valence-corrected chi connectivity index (χ0v) is 11.3. The van der Waals surface area contributed by atoms with E-state index in [2.05, 4.69) is 33.0 Å².